The van der Waals surface area contributed by atoms with Crippen LogP contribution in [0.4, 0.5) is 4.39 Å². The summed E-state index contributed by atoms with van der Waals surface area (Å²) < 4.78 is 12.0. The van der Waals surface area contributed by atoms with Gasteiger partial charge in [0.25, 0.3) is 0 Å². The van der Waals surface area contributed by atoms with Crippen LogP contribution in [0.15, 0.2) is 23.8 Å². The lowest BCUT2D eigenvalue weighted by atomic mass is 10.1. The third-order valence-electron chi connectivity index (χ3n) is 3.19. The molecule has 0 aliphatic carbocycles. The number of amides is 1. The van der Waals surface area contributed by atoms with Crippen molar-refractivity contribution in [2.24, 2.45) is 0 Å². The predicted molar refractivity (Wildman–Crippen MR) is 73.2 cm³/mol. The molecule has 3 heteroatoms. The number of hydrogen-bond acceptors (Lipinski definition) is 1. The maximum atomic E-state index is 12.0. The molecule has 1 aliphatic rings. The molecule has 0 aromatic heterocycles. The van der Waals surface area contributed by atoms with Gasteiger partial charge < -0.3 is 4.90 Å². The summed E-state index contributed by atoms with van der Waals surface area (Å²) in [6.45, 7) is 3.25. The van der Waals surface area contributed by atoms with E-state index >= 15 is 0 Å². The largest absolute Gasteiger partial charge is 0.339 e. The Bertz CT molecular complexity index is 310. The van der Waals surface area contributed by atoms with Gasteiger partial charge in [0.1, 0.15) is 6.67 Å². The van der Waals surface area contributed by atoms with Gasteiger partial charge in [-0.3, -0.25) is 4.79 Å². The zero-order valence-electron chi connectivity index (χ0n) is 11.3. The van der Waals surface area contributed by atoms with Crippen LogP contribution in [-0.2, 0) is 4.79 Å². The van der Waals surface area contributed by atoms with Gasteiger partial charge in [0, 0.05) is 19.5 Å². The lowest BCUT2D eigenvalue weighted by Gasteiger charge is -2.22. The molecule has 0 aromatic rings. The van der Waals surface area contributed by atoms with Crippen LogP contribution in [0, 0.1) is 0 Å². The van der Waals surface area contributed by atoms with Gasteiger partial charge in [-0.05, 0) is 25.7 Å². The molecule has 0 spiro atoms. The minimum atomic E-state index is -0.415. The second-order valence-corrected chi connectivity index (χ2v) is 4.73. The van der Waals surface area contributed by atoms with E-state index in [0.717, 1.165) is 38.6 Å². The number of carbonyl (C=O) groups is 1. The van der Waals surface area contributed by atoms with Gasteiger partial charge in [-0.15, -0.1) is 0 Å². The van der Waals surface area contributed by atoms with Crippen molar-refractivity contribution in [2.45, 2.75) is 45.4 Å². The van der Waals surface area contributed by atoms with E-state index in [1.807, 2.05) is 11.0 Å². The fourth-order valence-corrected chi connectivity index (χ4v) is 2.25. The Hall–Kier alpha value is -1.12. The lowest BCUT2D eigenvalue weighted by Crippen LogP contribution is -2.32. The van der Waals surface area contributed by atoms with E-state index < -0.39 is 6.67 Å². The zero-order chi connectivity index (χ0) is 13.2. The lowest BCUT2D eigenvalue weighted by molar-refractivity contribution is -0.130. The molecule has 1 heterocycles. The van der Waals surface area contributed by atoms with Crippen molar-refractivity contribution >= 4 is 5.91 Å². The van der Waals surface area contributed by atoms with Gasteiger partial charge in [0.15, 0.2) is 0 Å². The molecular weight excluding hydrogens is 229 g/mol. The molecule has 0 atom stereocenters. The average Bonchev–Trinajstić information content (AvgIpc) is 2.55. The number of carbonyl (C=O) groups excluding carboxylic acids is 1. The first-order valence-electron chi connectivity index (χ1n) is 6.94. The Labute approximate surface area is 110 Å². The van der Waals surface area contributed by atoms with Crippen molar-refractivity contribution < 1.29 is 9.18 Å². The molecule has 0 aromatic carbocycles. The highest BCUT2D eigenvalue weighted by atomic mass is 19.1. The van der Waals surface area contributed by atoms with Crippen molar-refractivity contribution in [3.63, 3.8) is 0 Å². The SMILES string of the molecule is CC/C=C(\C/C=C\CF)CN1CCCCCC1=O. The molecule has 0 N–H and O–H groups in total. The molecule has 0 radical (unpaired) electrons. The van der Waals surface area contributed by atoms with Gasteiger partial charge in [-0.2, -0.15) is 0 Å². The maximum Gasteiger partial charge on any atom is 0.222 e. The standard InChI is InChI=1S/C15H24FNO/c1-2-8-14(9-5-6-11-16)13-17-12-7-3-4-10-15(17)18/h5-6,8H,2-4,7,9-13H2,1H3/b6-5-,14-8+. The van der Waals surface area contributed by atoms with Gasteiger partial charge in [0.05, 0.1) is 0 Å². The van der Waals surface area contributed by atoms with E-state index in [0.29, 0.717) is 13.0 Å². The van der Waals surface area contributed by atoms with Crippen LogP contribution in [0.25, 0.3) is 0 Å². The third-order valence-corrected chi connectivity index (χ3v) is 3.19. The van der Waals surface area contributed by atoms with E-state index in [-0.39, 0.29) is 5.91 Å². The highest BCUT2D eigenvalue weighted by Gasteiger charge is 2.16. The number of nitrogens with zero attached hydrogens (tertiary/aromatic N) is 1. The van der Waals surface area contributed by atoms with Crippen LogP contribution < -0.4 is 0 Å². The first kappa shape index (κ1) is 14.9. The van der Waals surface area contributed by atoms with Crippen molar-refractivity contribution in [3.8, 4) is 0 Å². The van der Waals surface area contributed by atoms with Gasteiger partial charge in [-0.1, -0.05) is 37.1 Å². The number of alkyl halides is 1. The topological polar surface area (TPSA) is 20.3 Å². The van der Waals surface area contributed by atoms with Crippen LogP contribution in [0.2, 0.25) is 0 Å². The molecule has 1 aliphatic heterocycles. The van der Waals surface area contributed by atoms with E-state index in [1.54, 1.807) is 0 Å². The van der Waals surface area contributed by atoms with Crippen molar-refractivity contribution in [1.29, 1.82) is 0 Å². The minimum Gasteiger partial charge on any atom is -0.339 e. The summed E-state index contributed by atoms with van der Waals surface area (Å²) in [4.78, 5) is 13.9. The molecule has 1 saturated heterocycles. The Morgan fingerprint density at radius 1 is 1.33 bits per heavy atom. The Kier molecular flexibility index (Phi) is 7.38. The van der Waals surface area contributed by atoms with Crippen LogP contribution in [0.3, 0.4) is 0 Å². The average molecular weight is 253 g/mol. The second kappa shape index (κ2) is 8.90. The first-order valence-corrected chi connectivity index (χ1v) is 6.94. The molecule has 2 nitrogen and oxygen atoms in total. The molecule has 0 saturated carbocycles. The van der Waals surface area contributed by atoms with Crippen LogP contribution in [0.1, 0.15) is 45.4 Å². The molecule has 0 bridgehead atoms. The molecule has 1 fully saturated rings. The highest BCUT2D eigenvalue weighted by Crippen LogP contribution is 2.15. The molecule has 0 unspecified atom stereocenters. The van der Waals surface area contributed by atoms with E-state index in [1.165, 1.54) is 11.6 Å². The van der Waals surface area contributed by atoms with Gasteiger partial charge >= 0.3 is 0 Å². The first-order chi connectivity index (χ1) is 8.77. The number of halogens is 1. The summed E-state index contributed by atoms with van der Waals surface area (Å²) in [6, 6.07) is 0. The predicted octanol–water partition coefficient (Wildman–Crippen LogP) is 3.64. The highest BCUT2D eigenvalue weighted by molar-refractivity contribution is 5.76. The molecule has 1 amide bonds. The van der Waals surface area contributed by atoms with Crippen molar-refractivity contribution in [3.05, 3.63) is 23.8 Å². The Balaban J connectivity index is 2.55. The smallest absolute Gasteiger partial charge is 0.222 e. The van der Waals surface area contributed by atoms with Crippen LogP contribution >= 0.6 is 0 Å². The van der Waals surface area contributed by atoms with Crippen molar-refractivity contribution in [2.75, 3.05) is 19.8 Å². The normalized spacial score (nSPS) is 18.4. The van der Waals surface area contributed by atoms with Crippen molar-refractivity contribution in [1.82, 2.24) is 4.90 Å². The fraction of sp³-hybridized carbons (Fsp3) is 0.667. The second-order valence-electron chi connectivity index (χ2n) is 4.73. The summed E-state index contributed by atoms with van der Waals surface area (Å²) in [7, 11) is 0. The summed E-state index contributed by atoms with van der Waals surface area (Å²) in [5.74, 6) is 0.268. The number of likely N-dealkylation sites (tertiary alicyclic amines) is 1. The summed E-state index contributed by atoms with van der Waals surface area (Å²) >= 11 is 0. The van der Waals surface area contributed by atoms with E-state index in [4.69, 9.17) is 0 Å². The monoisotopic (exact) mass is 253 g/mol. The quantitative estimate of drug-likeness (QED) is 0.662. The van der Waals surface area contributed by atoms with Gasteiger partial charge in [-0.25, -0.2) is 4.39 Å². The number of hydrogen-bond donors (Lipinski definition) is 0. The molecule has 18 heavy (non-hydrogen) atoms. The van der Waals surface area contributed by atoms with Crippen LogP contribution in [0.5, 0.6) is 0 Å². The summed E-state index contributed by atoms with van der Waals surface area (Å²) in [5, 5.41) is 0. The molecular formula is C15H24FNO. The van der Waals surface area contributed by atoms with Gasteiger partial charge in [0.2, 0.25) is 5.91 Å². The fourth-order valence-electron chi connectivity index (χ4n) is 2.25. The molecule has 102 valence electrons. The summed E-state index contributed by atoms with van der Waals surface area (Å²) in [5.41, 5.74) is 1.22. The summed E-state index contributed by atoms with van der Waals surface area (Å²) in [6.07, 6.45) is 11.2. The van der Waals surface area contributed by atoms with E-state index in [9.17, 15) is 9.18 Å². The minimum absolute atomic E-state index is 0.268. The third kappa shape index (κ3) is 5.48. The zero-order valence-corrected chi connectivity index (χ0v) is 11.3. The van der Waals surface area contributed by atoms with Crippen LogP contribution in [-0.4, -0.2) is 30.6 Å². The molecule has 1 rings (SSSR count). The Morgan fingerprint density at radius 3 is 2.89 bits per heavy atom. The Morgan fingerprint density at radius 2 is 2.17 bits per heavy atom. The van der Waals surface area contributed by atoms with E-state index in [2.05, 4.69) is 13.0 Å². The number of allylic oxidation sites excluding steroid dienone is 3. The maximum absolute atomic E-state index is 12.0. The number of rotatable bonds is 6.